The maximum absolute atomic E-state index is 11.7. The molecular formula is C11H14BrN5O2. The lowest BCUT2D eigenvalue weighted by molar-refractivity contribution is -0.143. The number of aromatic nitrogens is 1. The highest BCUT2D eigenvalue weighted by molar-refractivity contribution is 9.10. The van der Waals surface area contributed by atoms with Crippen molar-refractivity contribution in [2.24, 2.45) is 5.11 Å². The van der Waals surface area contributed by atoms with E-state index < -0.39 is 12.0 Å². The Labute approximate surface area is 119 Å². The van der Waals surface area contributed by atoms with Gasteiger partial charge in [0, 0.05) is 22.1 Å². The maximum Gasteiger partial charge on any atom is 0.329 e. The van der Waals surface area contributed by atoms with Gasteiger partial charge in [0.05, 0.1) is 12.8 Å². The summed E-state index contributed by atoms with van der Waals surface area (Å²) < 4.78 is 5.58. The number of methoxy groups -OCH3 is 1. The number of rotatable bonds is 7. The van der Waals surface area contributed by atoms with Crippen LogP contribution in [0.15, 0.2) is 27.9 Å². The molecule has 8 heteroatoms. The van der Waals surface area contributed by atoms with Crippen LogP contribution in [-0.4, -0.2) is 31.2 Å². The van der Waals surface area contributed by atoms with Crippen LogP contribution in [0.4, 0.5) is 0 Å². The molecule has 1 heterocycles. The first-order chi connectivity index (χ1) is 9.19. The number of halogens is 1. The van der Waals surface area contributed by atoms with E-state index in [0.717, 1.165) is 4.47 Å². The Bertz CT molecular complexity index is 459. The van der Waals surface area contributed by atoms with Gasteiger partial charge in [-0.3, -0.25) is 10.3 Å². The summed E-state index contributed by atoms with van der Waals surface area (Å²) >= 11 is 3.28. The molecule has 0 aromatic carbocycles. The summed E-state index contributed by atoms with van der Waals surface area (Å²) in [6.07, 6.45) is 2.25. The number of pyridine rings is 1. The van der Waals surface area contributed by atoms with Crippen LogP contribution in [0.3, 0.4) is 0 Å². The average molecular weight is 328 g/mol. The first-order valence-electron chi connectivity index (χ1n) is 5.62. The number of nitrogens with zero attached hydrogens (tertiary/aromatic N) is 4. The molecule has 1 unspecified atom stereocenters. The van der Waals surface area contributed by atoms with E-state index in [1.165, 1.54) is 7.11 Å². The largest absolute Gasteiger partial charge is 0.468 e. The molecule has 102 valence electrons. The summed E-state index contributed by atoms with van der Waals surface area (Å²) in [7, 11) is 1.33. The highest BCUT2D eigenvalue weighted by atomic mass is 79.9. The van der Waals surface area contributed by atoms with Crippen molar-refractivity contribution in [3.05, 3.63) is 38.9 Å². The van der Waals surface area contributed by atoms with Gasteiger partial charge in [0.15, 0.2) is 0 Å². The minimum absolute atomic E-state index is 0.380. The number of azide groups is 1. The Morgan fingerprint density at radius 1 is 1.68 bits per heavy atom. The SMILES string of the molecule is COC(=O)C(NCCCN=[N+]=[N-])c1ccc(Br)cn1. The van der Waals surface area contributed by atoms with Gasteiger partial charge in [0.1, 0.15) is 6.04 Å². The molecule has 1 rings (SSSR count). The first kappa shape index (κ1) is 15.4. The van der Waals surface area contributed by atoms with Crippen LogP contribution >= 0.6 is 15.9 Å². The van der Waals surface area contributed by atoms with Gasteiger partial charge in [-0.15, -0.1) is 0 Å². The second kappa shape index (κ2) is 8.47. The van der Waals surface area contributed by atoms with Crippen LogP contribution < -0.4 is 5.32 Å². The molecule has 0 radical (unpaired) electrons. The van der Waals surface area contributed by atoms with Crippen molar-refractivity contribution in [1.29, 1.82) is 0 Å². The van der Waals surface area contributed by atoms with Crippen molar-refractivity contribution in [2.45, 2.75) is 12.5 Å². The normalized spacial score (nSPS) is 11.5. The fourth-order valence-corrected chi connectivity index (χ4v) is 1.66. The van der Waals surface area contributed by atoms with E-state index in [0.29, 0.717) is 25.2 Å². The lowest BCUT2D eigenvalue weighted by atomic mass is 10.2. The van der Waals surface area contributed by atoms with E-state index in [-0.39, 0.29) is 0 Å². The summed E-state index contributed by atoms with van der Waals surface area (Å²) in [6, 6.07) is 2.93. The van der Waals surface area contributed by atoms with Gasteiger partial charge in [-0.05, 0) is 46.6 Å². The zero-order chi connectivity index (χ0) is 14.1. The minimum atomic E-state index is -0.621. The molecule has 0 aliphatic rings. The lowest BCUT2D eigenvalue weighted by Crippen LogP contribution is -2.31. The Kier molecular flexibility index (Phi) is 6.88. The lowest BCUT2D eigenvalue weighted by Gasteiger charge is -2.15. The van der Waals surface area contributed by atoms with Crippen molar-refractivity contribution in [1.82, 2.24) is 10.3 Å². The Morgan fingerprint density at radius 2 is 2.47 bits per heavy atom. The van der Waals surface area contributed by atoms with Crippen molar-refractivity contribution in [3.8, 4) is 0 Å². The molecular weight excluding hydrogens is 314 g/mol. The van der Waals surface area contributed by atoms with Crippen LogP contribution in [0.5, 0.6) is 0 Å². The van der Waals surface area contributed by atoms with Gasteiger partial charge < -0.3 is 4.74 Å². The third-order valence-electron chi connectivity index (χ3n) is 2.33. The minimum Gasteiger partial charge on any atom is -0.468 e. The van der Waals surface area contributed by atoms with Gasteiger partial charge >= 0.3 is 5.97 Å². The summed E-state index contributed by atoms with van der Waals surface area (Å²) in [5.74, 6) is -0.404. The summed E-state index contributed by atoms with van der Waals surface area (Å²) in [5.41, 5.74) is 8.74. The number of ether oxygens (including phenoxy) is 1. The van der Waals surface area contributed by atoms with Crippen LogP contribution in [0, 0.1) is 0 Å². The fourth-order valence-electron chi connectivity index (χ4n) is 1.43. The zero-order valence-electron chi connectivity index (χ0n) is 10.4. The molecule has 0 aliphatic carbocycles. The molecule has 1 N–H and O–H groups in total. The van der Waals surface area contributed by atoms with Gasteiger partial charge in [-0.25, -0.2) is 4.79 Å². The standard InChI is InChI=1S/C11H14BrN5O2/c1-19-11(18)10(14-5-2-6-16-17-13)9-4-3-8(12)7-15-9/h3-4,7,10,14H,2,5-6H2,1H3. The number of esters is 1. The highest BCUT2D eigenvalue weighted by Gasteiger charge is 2.21. The molecule has 0 bridgehead atoms. The van der Waals surface area contributed by atoms with E-state index in [9.17, 15) is 4.79 Å². The molecule has 0 aliphatic heterocycles. The van der Waals surface area contributed by atoms with Crippen molar-refractivity contribution < 1.29 is 9.53 Å². The average Bonchev–Trinajstić information content (AvgIpc) is 2.43. The molecule has 1 atom stereocenters. The molecule has 0 fully saturated rings. The monoisotopic (exact) mass is 327 g/mol. The van der Waals surface area contributed by atoms with Crippen molar-refractivity contribution in [3.63, 3.8) is 0 Å². The first-order valence-corrected chi connectivity index (χ1v) is 6.42. The van der Waals surface area contributed by atoms with E-state index in [1.807, 2.05) is 0 Å². The van der Waals surface area contributed by atoms with E-state index in [4.69, 9.17) is 10.3 Å². The smallest absolute Gasteiger partial charge is 0.329 e. The predicted molar refractivity (Wildman–Crippen MR) is 73.3 cm³/mol. The number of carbonyl (C=O) groups is 1. The highest BCUT2D eigenvalue weighted by Crippen LogP contribution is 2.15. The summed E-state index contributed by atoms with van der Waals surface area (Å²) in [5, 5.41) is 6.45. The van der Waals surface area contributed by atoms with E-state index in [2.05, 4.69) is 36.3 Å². The maximum atomic E-state index is 11.7. The van der Waals surface area contributed by atoms with Crippen molar-refractivity contribution in [2.75, 3.05) is 20.2 Å². The Balaban J connectivity index is 2.64. The van der Waals surface area contributed by atoms with Crippen LogP contribution in [0.25, 0.3) is 10.4 Å². The second-order valence-corrected chi connectivity index (χ2v) is 4.54. The van der Waals surface area contributed by atoms with E-state index in [1.54, 1.807) is 18.3 Å². The third kappa shape index (κ3) is 5.25. The molecule has 19 heavy (non-hydrogen) atoms. The Hall–Kier alpha value is -1.63. The number of nitrogens with one attached hydrogen (secondary N) is 1. The quantitative estimate of drug-likeness (QED) is 0.273. The molecule has 7 nitrogen and oxygen atoms in total. The van der Waals surface area contributed by atoms with Crippen LogP contribution in [0.2, 0.25) is 0 Å². The zero-order valence-corrected chi connectivity index (χ0v) is 12.0. The predicted octanol–water partition coefficient (Wildman–Crippen LogP) is 2.35. The number of carbonyl (C=O) groups excluding carboxylic acids is 1. The van der Waals surface area contributed by atoms with Gasteiger partial charge in [-0.1, -0.05) is 5.11 Å². The van der Waals surface area contributed by atoms with E-state index >= 15 is 0 Å². The van der Waals surface area contributed by atoms with Gasteiger partial charge in [0.2, 0.25) is 0 Å². The second-order valence-electron chi connectivity index (χ2n) is 3.62. The fraction of sp³-hybridized carbons (Fsp3) is 0.455. The summed E-state index contributed by atoms with van der Waals surface area (Å²) in [6.45, 7) is 0.904. The molecule has 0 saturated heterocycles. The number of hydrogen-bond acceptors (Lipinski definition) is 5. The molecule has 0 spiro atoms. The van der Waals surface area contributed by atoms with Gasteiger partial charge in [-0.2, -0.15) is 0 Å². The van der Waals surface area contributed by atoms with Crippen molar-refractivity contribution >= 4 is 21.9 Å². The third-order valence-corrected chi connectivity index (χ3v) is 2.80. The van der Waals surface area contributed by atoms with Crippen LogP contribution in [-0.2, 0) is 9.53 Å². The summed E-state index contributed by atoms with van der Waals surface area (Å²) in [4.78, 5) is 18.5. The topological polar surface area (TPSA) is 100.0 Å². The molecule has 0 saturated carbocycles. The number of hydrogen-bond donors (Lipinski definition) is 1. The molecule has 0 amide bonds. The molecule has 1 aromatic heterocycles. The van der Waals surface area contributed by atoms with Gasteiger partial charge in [0.25, 0.3) is 0 Å². The Morgan fingerprint density at radius 3 is 3.05 bits per heavy atom. The van der Waals surface area contributed by atoms with Crippen LogP contribution in [0.1, 0.15) is 18.2 Å². The molecule has 1 aromatic rings.